The van der Waals surface area contributed by atoms with Gasteiger partial charge in [0.1, 0.15) is 17.4 Å². The summed E-state index contributed by atoms with van der Waals surface area (Å²) in [5.41, 5.74) is 4.39. The summed E-state index contributed by atoms with van der Waals surface area (Å²) in [4.78, 5) is 26.6. The highest BCUT2D eigenvalue weighted by Crippen LogP contribution is 2.36. The Morgan fingerprint density at radius 1 is 1.07 bits per heavy atom. The average molecular weight is 595 g/mol. The zero-order valence-electron chi connectivity index (χ0n) is 25.9. The van der Waals surface area contributed by atoms with Gasteiger partial charge in [-0.15, -0.1) is 0 Å². The second kappa shape index (κ2) is 14.2. The molecule has 1 aromatic heterocycles. The quantitative estimate of drug-likeness (QED) is 0.226. The number of nitrogens with zero attached hydrogens (tertiary/aromatic N) is 5. The Kier molecular flexibility index (Phi) is 9.97. The van der Waals surface area contributed by atoms with Crippen molar-refractivity contribution in [3.05, 3.63) is 66.4 Å². The summed E-state index contributed by atoms with van der Waals surface area (Å²) in [6, 6.07) is 14.3. The van der Waals surface area contributed by atoms with Gasteiger partial charge in [0.25, 0.3) is 0 Å². The number of nitriles is 1. The van der Waals surface area contributed by atoms with Crippen LogP contribution >= 0.6 is 0 Å². The fraction of sp³-hybridized carbons (Fsp3) is 0.412. The molecule has 2 saturated heterocycles. The molecule has 0 spiro atoms. The summed E-state index contributed by atoms with van der Waals surface area (Å²) in [6.07, 6.45) is 8.93. The lowest BCUT2D eigenvalue weighted by atomic mass is 9.98. The zero-order valence-corrected chi connectivity index (χ0v) is 25.9. The fourth-order valence-electron chi connectivity index (χ4n) is 5.98. The Bertz CT molecular complexity index is 1520. The van der Waals surface area contributed by atoms with Crippen molar-refractivity contribution in [2.45, 2.75) is 65.0 Å². The summed E-state index contributed by atoms with van der Waals surface area (Å²) >= 11 is 0. The Hall–Kier alpha value is -4.62. The first-order valence-electron chi connectivity index (χ1n) is 15.5. The Morgan fingerprint density at radius 3 is 2.52 bits per heavy atom. The summed E-state index contributed by atoms with van der Waals surface area (Å²) in [7, 11) is 0. The van der Waals surface area contributed by atoms with E-state index in [0.717, 1.165) is 37.2 Å². The minimum Gasteiger partial charge on any atom is -0.489 e. The number of ether oxygens (including phenoxy) is 1. The maximum atomic E-state index is 12.5. The topological polar surface area (TPSA) is 118 Å². The molecular formula is C34H42N8O2. The molecule has 3 heterocycles. The summed E-state index contributed by atoms with van der Waals surface area (Å²) in [5, 5.41) is 19.2. The molecule has 10 heteroatoms. The molecule has 2 aromatic carbocycles. The highest BCUT2D eigenvalue weighted by atomic mass is 16.5. The molecule has 3 N–H and O–H groups in total. The lowest BCUT2D eigenvalue weighted by Gasteiger charge is -2.41. The summed E-state index contributed by atoms with van der Waals surface area (Å²) in [5.74, 6) is 0.959. The normalized spacial score (nSPS) is 15.8. The third kappa shape index (κ3) is 7.47. The second-order valence-corrected chi connectivity index (χ2v) is 11.7. The van der Waals surface area contributed by atoms with Crippen LogP contribution in [0, 0.1) is 18.3 Å². The van der Waals surface area contributed by atoms with Gasteiger partial charge < -0.3 is 30.5 Å². The number of likely N-dealkylation sites (tertiary alicyclic amines) is 1. The van der Waals surface area contributed by atoms with E-state index in [1.54, 1.807) is 0 Å². The van der Waals surface area contributed by atoms with Crippen LogP contribution in [0.2, 0.25) is 0 Å². The van der Waals surface area contributed by atoms with Crippen LogP contribution in [0.4, 0.5) is 34.5 Å². The molecule has 2 aliphatic heterocycles. The molecule has 5 rings (SSSR count). The number of benzene rings is 2. The van der Waals surface area contributed by atoms with Gasteiger partial charge in [-0.2, -0.15) is 10.2 Å². The van der Waals surface area contributed by atoms with E-state index in [1.165, 1.54) is 44.6 Å². The van der Waals surface area contributed by atoms with E-state index in [4.69, 9.17) is 4.74 Å². The van der Waals surface area contributed by atoms with E-state index in [1.807, 2.05) is 50.2 Å². The fourth-order valence-corrected chi connectivity index (χ4v) is 5.98. The third-order valence-electron chi connectivity index (χ3n) is 8.15. The number of carbonyl (C=O) groups is 1. The first-order chi connectivity index (χ1) is 21.3. The first kappa shape index (κ1) is 30.8. The first-order valence-corrected chi connectivity index (χ1v) is 15.5. The molecule has 1 amide bonds. The van der Waals surface area contributed by atoms with E-state index in [0.29, 0.717) is 34.7 Å². The summed E-state index contributed by atoms with van der Waals surface area (Å²) in [6.45, 7) is 14.0. The number of aromatic nitrogens is 2. The van der Waals surface area contributed by atoms with Crippen LogP contribution in [0.3, 0.4) is 0 Å². The molecule has 0 aliphatic carbocycles. The van der Waals surface area contributed by atoms with Crippen LogP contribution < -0.4 is 25.6 Å². The van der Waals surface area contributed by atoms with Gasteiger partial charge >= 0.3 is 0 Å². The number of nitrogens with one attached hydrogen (secondary N) is 3. The SMILES string of the molecule is C=CC(=O)Nc1cc(N2CCC(N3CCCCC3)CC2)c(C)cc1Nc1ncc(C#N)c(Nc2ccccc2OC(C)C)n1. The van der Waals surface area contributed by atoms with E-state index in [9.17, 15) is 10.1 Å². The third-order valence-corrected chi connectivity index (χ3v) is 8.15. The van der Waals surface area contributed by atoms with Crippen LogP contribution in [0.15, 0.2) is 55.3 Å². The van der Waals surface area contributed by atoms with Crippen molar-refractivity contribution in [3.8, 4) is 11.8 Å². The summed E-state index contributed by atoms with van der Waals surface area (Å²) < 4.78 is 5.93. The van der Waals surface area contributed by atoms with Crippen LogP contribution in [-0.2, 0) is 4.79 Å². The van der Waals surface area contributed by atoms with Crippen molar-refractivity contribution in [1.82, 2.24) is 14.9 Å². The van der Waals surface area contributed by atoms with E-state index in [-0.39, 0.29) is 23.5 Å². The predicted octanol–water partition coefficient (Wildman–Crippen LogP) is 6.51. The lowest BCUT2D eigenvalue weighted by molar-refractivity contribution is -0.111. The highest BCUT2D eigenvalue weighted by Gasteiger charge is 2.27. The minimum atomic E-state index is -0.309. The van der Waals surface area contributed by atoms with Crippen molar-refractivity contribution >= 4 is 40.4 Å². The average Bonchev–Trinajstić information content (AvgIpc) is 3.03. The molecule has 230 valence electrons. The number of aryl methyl sites for hydroxylation is 1. The molecule has 44 heavy (non-hydrogen) atoms. The van der Waals surface area contributed by atoms with Gasteiger partial charge in [-0.3, -0.25) is 4.79 Å². The van der Waals surface area contributed by atoms with Gasteiger partial charge in [-0.1, -0.05) is 25.1 Å². The van der Waals surface area contributed by atoms with Crippen molar-refractivity contribution in [1.29, 1.82) is 5.26 Å². The largest absolute Gasteiger partial charge is 0.489 e. The van der Waals surface area contributed by atoms with Gasteiger partial charge in [0, 0.05) is 24.8 Å². The number of carbonyl (C=O) groups excluding carboxylic acids is 1. The van der Waals surface area contributed by atoms with Crippen molar-refractivity contribution < 1.29 is 9.53 Å². The molecule has 0 unspecified atom stereocenters. The number of para-hydroxylation sites is 2. The maximum absolute atomic E-state index is 12.5. The molecular weight excluding hydrogens is 552 g/mol. The number of anilines is 6. The van der Waals surface area contributed by atoms with Crippen molar-refractivity contribution in [3.63, 3.8) is 0 Å². The van der Waals surface area contributed by atoms with Crippen molar-refractivity contribution in [2.24, 2.45) is 0 Å². The van der Waals surface area contributed by atoms with Gasteiger partial charge in [-0.25, -0.2) is 4.98 Å². The molecule has 10 nitrogen and oxygen atoms in total. The Labute approximate surface area is 260 Å². The Balaban J connectivity index is 1.39. The second-order valence-electron chi connectivity index (χ2n) is 11.7. The van der Waals surface area contributed by atoms with Crippen LogP contribution in [0.1, 0.15) is 57.1 Å². The predicted molar refractivity (Wildman–Crippen MR) is 176 cm³/mol. The lowest BCUT2D eigenvalue weighted by Crippen LogP contribution is -2.46. The van der Waals surface area contributed by atoms with Gasteiger partial charge in [0.05, 0.1) is 29.4 Å². The standard InChI is InChI=1S/C34H42N8O2/c1-5-32(43)37-29-20-30(42-17-13-26(14-18-42)41-15-9-6-10-16-41)24(4)19-28(29)39-34-36-22-25(21-35)33(40-34)38-27-11-7-8-12-31(27)44-23(2)3/h5,7-8,11-12,19-20,22-23,26H,1,6,9-10,13-18H2,2-4H3,(H,37,43)(H2,36,38,39,40). The van der Waals surface area contributed by atoms with Crippen LogP contribution in [-0.4, -0.2) is 59.1 Å². The van der Waals surface area contributed by atoms with Crippen LogP contribution in [0.5, 0.6) is 5.75 Å². The van der Waals surface area contributed by atoms with E-state index in [2.05, 4.69) is 55.3 Å². The van der Waals surface area contributed by atoms with Gasteiger partial charge in [0.2, 0.25) is 11.9 Å². The molecule has 0 saturated carbocycles. The van der Waals surface area contributed by atoms with E-state index < -0.39 is 0 Å². The molecule has 2 fully saturated rings. The van der Waals surface area contributed by atoms with Gasteiger partial charge in [-0.05, 0) is 95.4 Å². The minimum absolute atomic E-state index is 0.0209. The number of piperidine rings is 2. The molecule has 3 aromatic rings. The molecule has 0 radical (unpaired) electrons. The maximum Gasteiger partial charge on any atom is 0.247 e. The van der Waals surface area contributed by atoms with Crippen molar-refractivity contribution in [2.75, 3.05) is 47.0 Å². The highest BCUT2D eigenvalue weighted by molar-refractivity contribution is 6.02. The number of hydrogen-bond acceptors (Lipinski definition) is 9. The van der Waals surface area contributed by atoms with E-state index >= 15 is 0 Å². The van der Waals surface area contributed by atoms with Crippen LogP contribution in [0.25, 0.3) is 0 Å². The molecule has 2 aliphatic rings. The van der Waals surface area contributed by atoms with Gasteiger partial charge in [0.15, 0.2) is 5.82 Å². The molecule has 0 atom stereocenters. The number of amides is 1. The Morgan fingerprint density at radius 2 is 1.82 bits per heavy atom. The molecule has 0 bridgehead atoms. The smallest absolute Gasteiger partial charge is 0.247 e. The number of rotatable bonds is 10. The zero-order chi connectivity index (χ0) is 31.1. The monoisotopic (exact) mass is 594 g/mol. The number of hydrogen-bond donors (Lipinski definition) is 3.